The molecule has 494 valence electrons. The largest absolute Gasteiger partial charge is 0.309 e. The minimum Gasteiger partial charge on any atom is -0.309 e. The van der Waals surface area contributed by atoms with Gasteiger partial charge in [-0.2, -0.15) is 5.26 Å². The molecule has 0 fully saturated rings. The van der Waals surface area contributed by atoms with Crippen molar-refractivity contribution in [3.05, 3.63) is 376 Å². The molecule has 4 heterocycles. The number of nitrogens with zero attached hydrogens (tertiary/aromatic N) is 9. The predicted octanol–water partition coefficient (Wildman–Crippen LogP) is 24.5. The number of rotatable bonds is 13. The van der Waals surface area contributed by atoms with Crippen molar-refractivity contribution in [3.63, 3.8) is 0 Å². The Morgan fingerprint density at radius 3 is 1.08 bits per heavy atom. The fourth-order valence-electron chi connectivity index (χ4n) is 15.0. The second-order valence-corrected chi connectivity index (χ2v) is 26.5. The van der Waals surface area contributed by atoms with E-state index in [0.717, 1.165) is 139 Å². The first-order valence-corrected chi connectivity index (χ1v) is 35.5. The molecule has 0 bridgehead atoms. The smallest absolute Gasteiger partial charge is 0.164 e. The fraction of sp³-hybridized carbons (Fsp3) is 0. The monoisotopic (exact) mass is 1350 g/mol. The Balaban J connectivity index is 0.623. The molecule has 0 atom stereocenters. The Labute approximate surface area is 613 Å². The van der Waals surface area contributed by atoms with Crippen molar-refractivity contribution < 1.29 is 0 Å². The summed E-state index contributed by atoms with van der Waals surface area (Å²) in [5.74, 6) is 3.45. The predicted molar refractivity (Wildman–Crippen MR) is 431 cm³/mol. The van der Waals surface area contributed by atoms with E-state index in [4.69, 9.17) is 29.9 Å². The van der Waals surface area contributed by atoms with Gasteiger partial charge in [0.1, 0.15) is 0 Å². The van der Waals surface area contributed by atoms with Gasteiger partial charge >= 0.3 is 0 Å². The molecule has 3 aromatic heterocycles. The zero-order valence-electron chi connectivity index (χ0n) is 57.2. The third kappa shape index (κ3) is 11.5. The Kier molecular flexibility index (Phi) is 15.7. The summed E-state index contributed by atoms with van der Waals surface area (Å²) >= 11 is 0. The quantitative estimate of drug-likeness (QED) is 0.112. The highest BCUT2D eigenvalue weighted by Crippen LogP contribution is 2.55. The van der Waals surface area contributed by atoms with Crippen LogP contribution in [0, 0.1) is 11.3 Å². The maximum absolute atomic E-state index is 9.32. The van der Waals surface area contributed by atoms with Crippen LogP contribution in [0.4, 0.5) is 17.1 Å². The van der Waals surface area contributed by atoms with E-state index in [-0.39, 0.29) is 0 Å². The first-order chi connectivity index (χ1) is 52.5. The van der Waals surface area contributed by atoms with Crippen LogP contribution in [0.15, 0.2) is 370 Å². The van der Waals surface area contributed by atoms with Crippen molar-refractivity contribution in [3.8, 4) is 158 Å². The van der Waals surface area contributed by atoms with Crippen LogP contribution in [0.1, 0.15) is 5.56 Å². The molecular formula is C97H61N9. The van der Waals surface area contributed by atoms with E-state index in [1.165, 1.54) is 16.3 Å². The van der Waals surface area contributed by atoms with Crippen LogP contribution in [0.25, 0.3) is 174 Å². The van der Waals surface area contributed by atoms with Gasteiger partial charge in [0.15, 0.2) is 34.9 Å². The summed E-state index contributed by atoms with van der Waals surface area (Å²) in [6, 6.07) is 132. The highest BCUT2D eigenvalue weighted by molar-refractivity contribution is 6.13. The number of benzene rings is 15. The first kappa shape index (κ1) is 62.4. The van der Waals surface area contributed by atoms with Gasteiger partial charge in [0.05, 0.1) is 34.2 Å². The molecule has 0 spiro atoms. The average molecular weight is 1350 g/mol. The van der Waals surface area contributed by atoms with E-state index in [2.05, 4.69) is 301 Å². The molecule has 19 rings (SSSR count). The summed E-state index contributed by atoms with van der Waals surface area (Å²) in [5.41, 5.74) is 26.9. The highest BCUT2D eigenvalue weighted by Gasteiger charge is 2.32. The molecule has 1 aliphatic rings. The summed E-state index contributed by atoms with van der Waals surface area (Å²) in [6.45, 7) is 0. The third-order valence-electron chi connectivity index (χ3n) is 20.1. The van der Waals surface area contributed by atoms with Crippen molar-refractivity contribution in [1.82, 2.24) is 34.5 Å². The van der Waals surface area contributed by atoms with Gasteiger partial charge in [-0.05, 0) is 133 Å². The molecule has 0 saturated heterocycles. The van der Waals surface area contributed by atoms with Gasteiger partial charge in [-0.3, -0.25) is 0 Å². The minimum atomic E-state index is 0.564. The van der Waals surface area contributed by atoms with E-state index in [9.17, 15) is 5.26 Å². The van der Waals surface area contributed by atoms with E-state index in [0.29, 0.717) is 40.5 Å². The lowest BCUT2D eigenvalue weighted by atomic mass is 9.91. The summed E-state index contributed by atoms with van der Waals surface area (Å²) in [5, 5.41) is 12.9. The molecule has 106 heavy (non-hydrogen) atoms. The van der Waals surface area contributed by atoms with E-state index in [1.807, 2.05) is 84.9 Å². The van der Waals surface area contributed by atoms with Crippen LogP contribution in [-0.2, 0) is 0 Å². The molecule has 0 amide bonds. The van der Waals surface area contributed by atoms with Crippen molar-refractivity contribution in [2.75, 3.05) is 4.90 Å². The van der Waals surface area contributed by atoms with Crippen LogP contribution < -0.4 is 4.90 Å². The van der Waals surface area contributed by atoms with Crippen LogP contribution >= 0.6 is 0 Å². The molecule has 0 N–H and O–H groups in total. The van der Waals surface area contributed by atoms with E-state index >= 15 is 0 Å². The molecule has 0 aliphatic carbocycles. The number of fused-ring (bicyclic) bond motifs is 8. The molecule has 15 aromatic carbocycles. The maximum atomic E-state index is 9.32. The lowest BCUT2D eigenvalue weighted by Crippen LogP contribution is -2.11. The Morgan fingerprint density at radius 2 is 0.566 bits per heavy atom. The fourth-order valence-corrected chi connectivity index (χ4v) is 15.0. The molecule has 1 aliphatic heterocycles. The van der Waals surface area contributed by atoms with Gasteiger partial charge in [0.2, 0.25) is 0 Å². The molecule has 18 aromatic rings. The lowest BCUT2D eigenvalue weighted by Gasteiger charge is -2.28. The standard InChI is InChI=1S/C97H61N9/c98-62-63-41-43-64(44-42-63)65-45-49-67(50-46-65)80-57-58-81(83-34-11-10-33-82(80)83)68-51-55-72(56-52-68)95-100-93(70-23-6-2-7-24-70)101-96(104-95)76-28-18-25-73(59-76)66-47-53-71(54-48-66)94-99-92(69-21-4-1-5-22-69)102-97(103-94)77-29-19-26-74(60-77)75-27-20-32-79(61-75)105-87-38-15-12-35-84(87)90-85-36-13-16-39-88(85)106(78-30-8-3-9-31-78)91(90)86-37-14-17-40-89(86)105/h1-61H. The summed E-state index contributed by atoms with van der Waals surface area (Å²) < 4.78 is 2.43. The second kappa shape index (κ2) is 26.7. The van der Waals surface area contributed by atoms with Crippen LogP contribution in [-0.4, -0.2) is 34.5 Å². The molecule has 0 unspecified atom stereocenters. The zero-order chi connectivity index (χ0) is 70.4. The minimum absolute atomic E-state index is 0.564. The van der Waals surface area contributed by atoms with Gasteiger partial charge in [-0.1, -0.05) is 303 Å². The summed E-state index contributed by atoms with van der Waals surface area (Å²) in [4.78, 5) is 33.5. The normalized spacial score (nSPS) is 11.6. The number of aromatic nitrogens is 7. The Morgan fingerprint density at radius 1 is 0.226 bits per heavy atom. The van der Waals surface area contributed by atoms with Crippen LogP contribution in [0.3, 0.4) is 0 Å². The number of hydrogen-bond acceptors (Lipinski definition) is 8. The SMILES string of the molecule is N#Cc1ccc(-c2ccc(-c3ccc(-c4ccc(-c5nc(-c6ccccc6)nc(-c6cccc(-c7ccc(-c8nc(-c9ccccc9)nc(-c9cccc(-c%10cccc(N%11c%12ccccc%12-c%12c(n(-c%13ccccc%13)c%13ccccc%12%13)-c%12ccccc%12%11)c%10)c9)n8)cc7)c6)n5)cc4)c4ccccc34)cc2)cc1. The molecular weight excluding hydrogens is 1290 g/mol. The van der Waals surface area contributed by atoms with E-state index < -0.39 is 0 Å². The molecule has 9 heteroatoms. The van der Waals surface area contributed by atoms with Gasteiger partial charge in [-0.25, -0.2) is 29.9 Å². The van der Waals surface area contributed by atoms with Crippen molar-refractivity contribution >= 4 is 38.7 Å². The van der Waals surface area contributed by atoms with Crippen molar-refractivity contribution in [1.29, 1.82) is 5.26 Å². The topological polar surface area (TPSA) is 109 Å². The van der Waals surface area contributed by atoms with Gasteiger partial charge in [0, 0.05) is 66.8 Å². The second-order valence-electron chi connectivity index (χ2n) is 26.5. The van der Waals surface area contributed by atoms with Gasteiger partial charge < -0.3 is 9.47 Å². The number of anilines is 3. The lowest BCUT2D eigenvalue weighted by molar-refractivity contribution is 1.07. The third-order valence-corrected chi connectivity index (χ3v) is 20.1. The Bertz CT molecular complexity index is 6430. The first-order valence-electron chi connectivity index (χ1n) is 35.5. The van der Waals surface area contributed by atoms with Gasteiger partial charge in [0.25, 0.3) is 0 Å². The maximum Gasteiger partial charge on any atom is 0.164 e. The highest BCUT2D eigenvalue weighted by atomic mass is 15.2. The van der Waals surface area contributed by atoms with Crippen LogP contribution in [0.5, 0.6) is 0 Å². The Hall–Kier alpha value is -14.6. The van der Waals surface area contributed by atoms with Crippen molar-refractivity contribution in [2.24, 2.45) is 0 Å². The number of para-hydroxylation sites is 4. The number of hydrogen-bond donors (Lipinski definition) is 0. The summed E-state index contributed by atoms with van der Waals surface area (Å²) in [6.07, 6.45) is 0. The van der Waals surface area contributed by atoms with E-state index in [1.54, 1.807) is 0 Å². The zero-order valence-corrected chi connectivity index (χ0v) is 57.2. The molecule has 0 saturated carbocycles. The molecule has 9 nitrogen and oxygen atoms in total. The number of nitriles is 1. The molecule has 0 radical (unpaired) electrons. The van der Waals surface area contributed by atoms with Crippen molar-refractivity contribution in [2.45, 2.75) is 0 Å². The van der Waals surface area contributed by atoms with Gasteiger partial charge in [-0.15, -0.1) is 0 Å². The average Bonchev–Trinajstić information content (AvgIpc) is 1.55. The summed E-state index contributed by atoms with van der Waals surface area (Å²) in [7, 11) is 0. The van der Waals surface area contributed by atoms with Crippen LogP contribution in [0.2, 0.25) is 0 Å².